The summed E-state index contributed by atoms with van der Waals surface area (Å²) in [4.78, 5) is 2.41. The van der Waals surface area contributed by atoms with Crippen LogP contribution in [-0.4, -0.2) is 24.4 Å². The summed E-state index contributed by atoms with van der Waals surface area (Å²) >= 11 is 0. The summed E-state index contributed by atoms with van der Waals surface area (Å²) < 4.78 is 1.97. The van der Waals surface area contributed by atoms with Crippen molar-refractivity contribution in [3.8, 4) is 0 Å². The molecule has 2 aliphatic carbocycles. The van der Waals surface area contributed by atoms with E-state index in [0.29, 0.717) is 0 Å². The van der Waals surface area contributed by atoms with E-state index >= 15 is 0 Å². The van der Waals surface area contributed by atoms with Crippen LogP contribution >= 0.6 is 0 Å². The number of nitrogens with zero attached hydrogens (tertiary/aromatic N) is 2. The van der Waals surface area contributed by atoms with Gasteiger partial charge in [0, 0.05) is 29.4 Å². The van der Waals surface area contributed by atoms with E-state index in [1.54, 1.807) is 0 Å². The summed E-state index contributed by atoms with van der Waals surface area (Å²) in [5, 5.41) is 0. The maximum absolute atomic E-state index is 3.82. The molecule has 1 aromatic rings. The zero-order valence-corrected chi connectivity index (χ0v) is 21.6. The van der Waals surface area contributed by atoms with Gasteiger partial charge in [0.1, 0.15) is 7.05 Å². The molecule has 33 heavy (non-hydrogen) atoms. The van der Waals surface area contributed by atoms with Crippen LogP contribution in [0.4, 0.5) is 5.69 Å². The summed E-state index contributed by atoms with van der Waals surface area (Å²) in [6.07, 6.45) is 22.2. The second-order valence-electron chi connectivity index (χ2n) is 8.95. The molecule has 1 heterocycles. The third-order valence-corrected chi connectivity index (χ3v) is 5.95. The topological polar surface area (TPSA) is 6.25 Å². The summed E-state index contributed by atoms with van der Waals surface area (Å²) in [5.74, 6) is 2.59. The summed E-state index contributed by atoms with van der Waals surface area (Å²) in [6, 6.07) is 8.69. The standard InChI is InChI=1S/C23H26N2.C7H9.Fe/c1-6-24(5)16-15-22-23(3,4)20-9-7-8-10-21(20)25(22)17-19-13-11-18(2)12-14-19;1-7-5-3-2-4-6-7;/h6-13,15-16H,1,17H2,2-5H3;3-6H,2H2,1H3;/q;-1;+2. The van der Waals surface area contributed by atoms with Crippen molar-refractivity contribution in [2.24, 2.45) is 0 Å². The van der Waals surface area contributed by atoms with Crippen molar-refractivity contribution in [3.05, 3.63) is 120 Å². The van der Waals surface area contributed by atoms with Crippen molar-refractivity contribution in [2.45, 2.75) is 39.5 Å². The van der Waals surface area contributed by atoms with E-state index < -0.39 is 0 Å². The van der Waals surface area contributed by atoms with Gasteiger partial charge in [-0.15, -0.1) is 18.1 Å². The minimum atomic E-state index is -0.0419. The number of allylic oxidation sites excluding steroid dienone is 7. The number of benzene rings is 1. The van der Waals surface area contributed by atoms with Crippen LogP contribution < -0.4 is 4.90 Å². The van der Waals surface area contributed by atoms with Gasteiger partial charge in [0.15, 0.2) is 12.4 Å². The second-order valence-corrected chi connectivity index (χ2v) is 8.95. The molecule has 3 aliphatic rings. The molecular formula is C30H35FeN2+. The first-order valence-electron chi connectivity index (χ1n) is 11.2. The third-order valence-electron chi connectivity index (χ3n) is 5.95. The molecule has 3 heteroatoms. The zero-order valence-electron chi connectivity index (χ0n) is 20.5. The number of anilines is 1. The van der Waals surface area contributed by atoms with Crippen molar-refractivity contribution in [1.82, 2.24) is 0 Å². The molecule has 0 amide bonds. The van der Waals surface area contributed by atoms with Crippen molar-refractivity contribution >= 4 is 11.9 Å². The number of hydrogen-bond donors (Lipinski definition) is 0. The van der Waals surface area contributed by atoms with Crippen LogP contribution in [0.25, 0.3) is 0 Å². The Morgan fingerprint density at radius 1 is 1.12 bits per heavy atom. The molecule has 4 rings (SSSR count). The van der Waals surface area contributed by atoms with Gasteiger partial charge in [-0.25, -0.2) is 4.58 Å². The van der Waals surface area contributed by atoms with Crippen LogP contribution in [0.5, 0.6) is 0 Å². The van der Waals surface area contributed by atoms with Gasteiger partial charge >= 0.3 is 17.1 Å². The predicted molar refractivity (Wildman–Crippen MR) is 139 cm³/mol. The molecule has 0 saturated carbocycles. The molecule has 0 spiro atoms. The van der Waals surface area contributed by atoms with E-state index in [9.17, 15) is 0 Å². The van der Waals surface area contributed by atoms with Crippen molar-refractivity contribution in [3.63, 3.8) is 0 Å². The fraction of sp³-hybridized carbons (Fsp3) is 0.267. The minimum Gasteiger partial charge on any atom is -0.341 e. The Labute approximate surface area is 211 Å². The van der Waals surface area contributed by atoms with Gasteiger partial charge in [-0.05, 0) is 18.2 Å². The normalized spacial score (nSPS) is 19.1. The quantitative estimate of drug-likeness (QED) is 0.150. The van der Waals surface area contributed by atoms with Gasteiger partial charge in [-0.2, -0.15) is 48.3 Å². The van der Waals surface area contributed by atoms with Gasteiger partial charge in [0.05, 0.1) is 0 Å². The molecule has 0 saturated heterocycles. The number of fused-ring (bicyclic) bond motifs is 1. The van der Waals surface area contributed by atoms with Gasteiger partial charge in [-0.1, -0.05) is 45.9 Å². The van der Waals surface area contributed by atoms with Crippen LogP contribution in [-0.2, 0) is 22.5 Å². The van der Waals surface area contributed by atoms with E-state index in [2.05, 4.69) is 124 Å². The molecule has 0 bridgehead atoms. The van der Waals surface area contributed by atoms with Crippen molar-refractivity contribution in [1.29, 1.82) is 0 Å². The molecule has 172 valence electrons. The Morgan fingerprint density at radius 2 is 1.82 bits per heavy atom. The first-order chi connectivity index (χ1) is 15.3. The van der Waals surface area contributed by atoms with E-state index in [0.717, 1.165) is 13.0 Å². The molecule has 1 aliphatic heterocycles. The van der Waals surface area contributed by atoms with Crippen LogP contribution in [0.3, 0.4) is 0 Å². The minimum absolute atomic E-state index is 0. The van der Waals surface area contributed by atoms with E-state index in [1.807, 2.05) is 17.8 Å². The zero-order chi connectivity index (χ0) is 23.1. The Balaban J connectivity index is 0.000000413. The predicted octanol–water partition coefficient (Wildman–Crippen LogP) is 6.86. The maximum atomic E-state index is 3.82. The van der Waals surface area contributed by atoms with Crippen LogP contribution in [0, 0.1) is 11.8 Å². The Morgan fingerprint density at radius 3 is 2.39 bits per heavy atom. The summed E-state index contributed by atoms with van der Waals surface area (Å²) in [5.41, 5.74) is 8.50. The monoisotopic (exact) mass is 479 g/mol. The molecule has 0 radical (unpaired) electrons. The Hall–Kier alpha value is -2.83. The molecular weight excluding hydrogens is 444 g/mol. The number of rotatable bonds is 4. The van der Waals surface area contributed by atoms with Gasteiger partial charge < -0.3 is 4.90 Å². The molecule has 2 nitrogen and oxygen atoms in total. The van der Waals surface area contributed by atoms with E-state index in [1.165, 1.54) is 34.4 Å². The van der Waals surface area contributed by atoms with Crippen LogP contribution in [0.15, 0.2) is 103 Å². The average molecular weight is 479 g/mol. The number of para-hydroxylation sites is 1. The van der Waals surface area contributed by atoms with E-state index in [-0.39, 0.29) is 22.5 Å². The molecule has 1 aromatic carbocycles. The third kappa shape index (κ3) is 6.59. The molecule has 0 N–H and O–H groups in total. The van der Waals surface area contributed by atoms with Gasteiger partial charge in [0.2, 0.25) is 0 Å². The first-order valence-corrected chi connectivity index (χ1v) is 11.2. The summed E-state index contributed by atoms with van der Waals surface area (Å²) in [6.45, 7) is 13.4. The average Bonchev–Trinajstić information content (AvgIpc) is 3.01. The SMILES string of the molecule is C=C[N+](C)=CC=C1N(CC2=C=C[C-](C)C=C2)c2ccccc2C1(C)C.C[C-]1C=CCC=C1.[Fe+2]. The largest absolute Gasteiger partial charge is 2.00 e. The van der Waals surface area contributed by atoms with Crippen molar-refractivity contribution < 1.29 is 21.6 Å². The van der Waals surface area contributed by atoms with Crippen molar-refractivity contribution in [2.75, 3.05) is 18.5 Å². The number of hydrogen-bond acceptors (Lipinski definition) is 1. The second kappa shape index (κ2) is 11.9. The van der Waals surface area contributed by atoms with Crippen LogP contribution in [0.1, 0.15) is 39.7 Å². The fourth-order valence-corrected chi connectivity index (χ4v) is 4.01. The molecule has 0 fully saturated rings. The molecule has 0 aromatic heterocycles. The maximum Gasteiger partial charge on any atom is 2.00 e. The molecule has 0 unspecified atom stereocenters. The first kappa shape index (κ1) is 26.4. The van der Waals surface area contributed by atoms with Gasteiger partial charge in [0.25, 0.3) is 0 Å². The molecule has 0 atom stereocenters. The van der Waals surface area contributed by atoms with Gasteiger partial charge in [-0.3, -0.25) is 5.73 Å². The fourth-order valence-electron chi connectivity index (χ4n) is 4.01. The summed E-state index contributed by atoms with van der Waals surface area (Å²) in [7, 11) is 2.00. The Bertz CT molecular complexity index is 1050. The van der Waals surface area contributed by atoms with Crippen LogP contribution in [0.2, 0.25) is 0 Å². The Kier molecular flexibility index (Phi) is 9.50. The van der Waals surface area contributed by atoms with E-state index in [4.69, 9.17) is 0 Å². The smallest absolute Gasteiger partial charge is 0.341 e.